The maximum absolute atomic E-state index is 5.68. The summed E-state index contributed by atoms with van der Waals surface area (Å²) in [4.78, 5) is 7.96. The highest BCUT2D eigenvalue weighted by atomic mass is 35.5. The van der Waals surface area contributed by atoms with Crippen molar-refractivity contribution in [2.75, 3.05) is 25.4 Å². The molecule has 0 aromatic carbocycles. The lowest BCUT2D eigenvalue weighted by Gasteiger charge is -2.29. The molecule has 7 heteroatoms. The van der Waals surface area contributed by atoms with Gasteiger partial charge in [-0.25, -0.2) is 4.98 Å². The Bertz CT molecular complexity index is 340. The SMILES string of the molecule is CCN(Cc1cnc(N)s1)C1CCCNCC1.Cl.Cl. The highest BCUT2D eigenvalue weighted by Gasteiger charge is 2.19. The van der Waals surface area contributed by atoms with E-state index in [1.165, 1.54) is 30.7 Å². The minimum absolute atomic E-state index is 0. The third kappa shape index (κ3) is 5.83. The third-order valence-electron chi connectivity index (χ3n) is 3.40. The largest absolute Gasteiger partial charge is 0.375 e. The van der Waals surface area contributed by atoms with Crippen LogP contribution in [0.15, 0.2) is 6.20 Å². The lowest BCUT2D eigenvalue weighted by Crippen LogP contribution is -2.35. The summed E-state index contributed by atoms with van der Waals surface area (Å²) >= 11 is 1.61. The van der Waals surface area contributed by atoms with Gasteiger partial charge in [0.2, 0.25) is 0 Å². The second-order valence-corrected chi connectivity index (χ2v) is 5.71. The maximum atomic E-state index is 5.68. The fraction of sp³-hybridized carbons (Fsp3) is 0.750. The second kappa shape index (κ2) is 9.77. The van der Waals surface area contributed by atoms with E-state index in [1.54, 1.807) is 11.3 Å². The molecular formula is C12H24Cl2N4S. The summed E-state index contributed by atoms with van der Waals surface area (Å²) < 4.78 is 0. The number of hydrogen-bond acceptors (Lipinski definition) is 5. The molecule has 1 aromatic rings. The summed E-state index contributed by atoms with van der Waals surface area (Å²) in [5, 5.41) is 4.15. The van der Waals surface area contributed by atoms with Crippen LogP contribution < -0.4 is 11.1 Å². The average Bonchev–Trinajstić information content (AvgIpc) is 2.58. The first-order chi connectivity index (χ1) is 8.29. The number of aromatic nitrogens is 1. The Kier molecular flexibility index (Phi) is 9.74. The summed E-state index contributed by atoms with van der Waals surface area (Å²) in [5.41, 5.74) is 5.68. The van der Waals surface area contributed by atoms with E-state index in [0.717, 1.165) is 19.6 Å². The van der Waals surface area contributed by atoms with E-state index in [2.05, 4.69) is 22.1 Å². The van der Waals surface area contributed by atoms with Crippen molar-refractivity contribution in [2.45, 2.75) is 38.8 Å². The van der Waals surface area contributed by atoms with Crippen LogP contribution in [0.2, 0.25) is 0 Å². The molecule has 0 saturated carbocycles. The van der Waals surface area contributed by atoms with Gasteiger partial charge in [0.15, 0.2) is 5.13 Å². The molecule has 19 heavy (non-hydrogen) atoms. The fourth-order valence-corrected chi connectivity index (χ4v) is 3.17. The maximum Gasteiger partial charge on any atom is 0.180 e. The zero-order valence-electron chi connectivity index (χ0n) is 11.3. The van der Waals surface area contributed by atoms with Gasteiger partial charge < -0.3 is 11.1 Å². The monoisotopic (exact) mass is 326 g/mol. The Morgan fingerprint density at radius 3 is 2.84 bits per heavy atom. The molecule has 1 aliphatic rings. The minimum Gasteiger partial charge on any atom is -0.375 e. The molecule has 0 aliphatic carbocycles. The number of nitrogens with one attached hydrogen (secondary N) is 1. The first-order valence-corrected chi connectivity index (χ1v) is 7.26. The first-order valence-electron chi connectivity index (χ1n) is 6.44. The molecule has 1 fully saturated rings. The van der Waals surface area contributed by atoms with Crippen LogP contribution in [0, 0.1) is 0 Å². The van der Waals surface area contributed by atoms with Crippen molar-refractivity contribution in [2.24, 2.45) is 0 Å². The molecule has 0 spiro atoms. The van der Waals surface area contributed by atoms with Crippen LogP contribution in [0.4, 0.5) is 5.13 Å². The first kappa shape index (κ1) is 18.9. The van der Waals surface area contributed by atoms with E-state index in [-0.39, 0.29) is 24.8 Å². The van der Waals surface area contributed by atoms with Crippen LogP contribution in [-0.4, -0.2) is 35.6 Å². The second-order valence-electron chi connectivity index (χ2n) is 4.56. The van der Waals surface area contributed by atoms with E-state index >= 15 is 0 Å². The van der Waals surface area contributed by atoms with Crippen LogP contribution >= 0.6 is 36.2 Å². The molecule has 2 heterocycles. The molecule has 112 valence electrons. The summed E-state index contributed by atoms with van der Waals surface area (Å²) in [6.45, 7) is 6.65. The van der Waals surface area contributed by atoms with Crippen molar-refractivity contribution in [3.63, 3.8) is 0 Å². The Labute approximate surface area is 132 Å². The number of nitrogens with two attached hydrogens (primary N) is 1. The van der Waals surface area contributed by atoms with Gasteiger partial charge in [0.05, 0.1) is 0 Å². The average molecular weight is 327 g/mol. The van der Waals surface area contributed by atoms with Gasteiger partial charge in [0.25, 0.3) is 0 Å². The van der Waals surface area contributed by atoms with Crippen molar-refractivity contribution < 1.29 is 0 Å². The highest BCUT2D eigenvalue weighted by Crippen LogP contribution is 2.20. The zero-order valence-corrected chi connectivity index (χ0v) is 13.8. The van der Waals surface area contributed by atoms with Crippen LogP contribution in [0.3, 0.4) is 0 Å². The Morgan fingerprint density at radius 2 is 2.21 bits per heavy atom. The normalized spacial score (nSPS) is 19.4. The molecule has 0 bridgehead atoms. The number of rotatable bonds is 4. The minimum atomic E-state index is 0. The van der Waals surface area contributed by atoms with E-state index in [4.69, 9.17) is 5.73 Å². The fourth-order valence-electron chi connectivity index (χ4n) is 2.46. The number of nitrogens with zero attached hydrogens (tertiary/aromatic N) is 2. The van der Waals surface area contributed by atoms with Gasteiger partial charge in [-0.2, -0.15) is 0 Å². The van der Waals surface area contributed by atoms with Gasteiger partial charge in [-0.15, -0.1) is 36.2 Å². The Hall–Kier alpha value is -0.0700. The van der Waals surface area contributed by atoms with Crippen LogP contribution in [0.1, 0.15) is 31.1 Å². The predicted octanol–water partition coefficient (Wildman–Crippen LogP) is 2.53. The van der Waals surface area contributed by atoms with Crippen molar-refractivity contribution in [1.29, 1.82) is 0 Å². The molecule has 0 radical (unpaired) electrons. The molecule has 1 unspecified atom stereocenters. The summed E-state index contributed by atoms with van der Waals surface area (Å²) in [7, 11) is 0. The molecule has 1 saturated heterocycles. The van der Waals surface area contributed by atoms with Gasteiger partial charge in [-0.05, 0) is 38.9 Å². The van der Waals surface area contributed by atoms with Gasteiger partial charge in [0.1, 0.15) is 0 Å². The number of hydrogen-bond donors (Lipinski definition) is 2. The zero-order chi connectivity index (χ0) is 12.1. The summed E-state index contributed by atoms with van der Waals surface area (Å²) in [6, 6.07) is 0.707. The molecule has 1 aromatic heterocycles. The van der Waals surface area contributed by atoms with Crippen LogP contribution in [-0.2, 0) is 6.54 Å². The third-order valence-corrected chi connectivity index (χ3v) is 4.21. The highest BCUT2D eigenvalue weighted by molar-refractivity contribution is 7.15. The smallest absolute Gasteiger partial charge is 0.180 e. The standard InChI is InChI=1S/C12H22N4S.2ClH/c1-2-16(9-11-8-15-12(13)17-11)10-4-3-6-14-7-5-10;;/h8,10,14H,2-7,9H2,1H3,(H2,13,15);2*1H. The molecule has 1 aliphatic heterocycles. The van der Waals surface area contributed by atoms with Gasteiger partial charge in [0, 0.05) is 23.7 Å². The van der Waals surface area contributed by atoms with Crippen LogP contribution in [0.25, 0.3) is 0 Å². The number of anilines is 1. The van der Waals surface area contributed by atoms with Gasteiger partial charge in [-0.1, -0.05) is 6.92 Å². The number of thiazole rings is 1. The molecule has 4 nitrogen and oxygen atoms in total. The Morgan fingerprint density at radius 1 is 1.42 bits per heavy atom. The number of halogens is 2. The van der Waals surface area contributed by atoms with Crippen molar-refractivity contribution >= 4 is 41.3 Å². The summed E-state index contributed by atoms with van der Waals surface area (Å²) in [6.07, 6.45) is 5.75. The molecule has 3 N–H and O–H groups in total. The predicted molar refractivity (Wildman–Crippen MR) is 87.6 cm³/mol. The molecule has 0 amide bonds. The van der Waals surface area contributed by atoms with E-state index in [9.17, 15) is 0 Å². The topological polar surface area (TPSA) is 54.2 Å². The van der Waals surface area contributed by atoms with Crippen molar-refractivity contribution in [3.8, 4) is 0 Å². The van der Waals surface area contributed by atoms with E-state index in [0.29, 0.717) is 11.2 Å². The Balaban J connectivity index is 0.00000162. The van der Waals surface area contributed by atoms with E-state index in [1.807, 2.05) is 6.20 Å². The van der Waals surface area contributed by atoms with Crippen molar-refractivity contribution in [3.05, 3.63) is 11.1 Å². The summed E-state index contributed by atoms with van der Waals surface area (Å²) in [5.74, 6) is 0. The lowest BCUT2D eigenvalue weighted by molar-refractivity contribution is 0.184. The quantitative estimate of drug-likeness (QED) is 0.892. The number of nitrogen functional groups attached to an aromatic ring is 1. The van der Waals surface area contributed by atoms with E-state index < -0.39 is 0 Å². The molecule has 1 atom stereocenters. The van der Waals surface area contributed by atoms with Crippen LogP contribution in [0.5, 0.6) is 0 Å². The van der Waals surface area contributed by atoms with Gasteiger partial charge in [-0.3, -0.25) is 4.90 Å². The molecule has 2 rings (SSSR count). The lowest BCUT2D eigenvalue weighted by atomic mass is 10.1. The van der Waals surface area contributed by atoms with Gasteiger partial charge >= 0.3 is 0 Å². The van der Waals surface area contributed by atoms with Crippen molar-refractivity contribution in [1.82, 2.24) is 15.2 Å². The molecular weight excluding hydrogens is 303 g/mol.